The molecule has 0 aliphatic carbocycles. The molecule has 0 bridgehead atoms. The average Bonchev–Trinajstić information content (AvgIpc) is 2.70. The van der Waals surface area contributed by atoms with E-state index in [1.165, 1.54) is 23.3 Å². The van der Waals surface area contributed by atoms with E-state index >= 15 is 0 Å². The van der Waals surface area contributed by atoms with E-state index in [0.717, 1.165) is 31.6 Å². The van der Waals surface area contributed by atoms with E-state index in [4.69, 9.17) is 0 Å². The van der Waals surface area contributed by atoms with Crippen molar-refractivity contribution in [2.75, 3.05) is 18.0 Å². The number of anilines is 1. The van der Waals surface area contributed by atoms with Crippen LogP contribution in [0, 0.1) is 17.1 Å². The summed E-state index contributed by atoms with van der Waals surface area (Å²) in [7, 11) is 0. The third kappa shape index (κ3) is 2.37. The number of hydrogen-bond donors (Lipinski definition) is 0. The van der Waals surface area contributed by atoms with Crippen LogP contribution >= 0.6 is 0 Å². The molecule has 0 radical (unpaired) electrons. The molecule has 0 amide bonds. The van der Waals surface area contributed by atoms with E-state index in [1.54, 1.807) is 6.07 Å². The van der Waals surface area contributed by atoms with Crippen LogP contribution in [0.15, 0.2) is 42.5 Å². The van der Waals surface area contributed by atoms with E-state index < -0.39 is 0 Å². The molecule has 2 aromatic carbocycles. The summed E-state index contributed by atoms with van der Waals surface area (Å²) in [6, 6.07) is 15.0. The molecule has 0 saturated carbocycles. The highest BCUT2D eigenvalue weighted by molar-refractivity contribution is 5.60. The predicted octanol–water partition coefficient (Wildman–Crippen LogP) is 3.30. The number of hydrogen-bond acceptors (Lipinski definition) is 2. The fourth-order valence-corrected chi connectivity index (χ4v) is 2.78. The van der Waals surface area contributed by atoms with Crippen LogP contribution in [0.25, 0.3) is 0 Å². The summed E-state index contributed by atoms with van der Waals surface area (Å²) in [5.41, 5.74) is 3.99. The Labute approximate surface area is 118 Å². The second kappa shape index (κ2) is 5.34. The van der Waals surface area contributed by atoms with Gasteiger partial charge in [-0.25, -0.2) is 4.39 Å². The van der Waals surface area contributed by atoms with Crippen LogP contribution in [0.5, 0.6) is 0 Å². The minimum Gasteiger partial charge on any atom is -0.370 e. The van der Waals surface area contributed by atoms with Crippen molar-refractivity contribution in [3.63, 3.8) is 0 Å². The number of fused-ring (bicyclic) bond motifs is 1. The molecule has 100 valence electrons. The van der Waals surface area contributed by atoms with E-state index in [1.807, 2.05) is 0 Å². The van der Waals surface area contributed by atoms with E-state index in [2.05, 4.69) is 35.2 Å². The van der Waals surface area contributed by atoms with Crippen LogP contribution in [-0.4, -0.2) is 13.1 Å². The lowest BCUT2D eigenvalue weighted by molar-refractivity contribution is 0.627. The number of benzene rings is 2. The van der Waals surface area contributed by atoms with E-state index in [-0.39, 0.29) is 5.82 Å². The van der Waals surface area contributed by atoms with Crippen molar-refractivity contribution < 1.29 is 4.39 Å². The topological polar surface area (TPSA) is 27.0 Å². The third-order valence-corrected chi connectivity index (χ3v) is 3.84. The van der Waals surface area contributed by atoms with Gasteiger partial charge in [0.05, 0.1) is 11.3 Å². The van der Waals surface area contributed by atoms with Gasteiger partial charge in [-0.05, 0) is 42.2 Å². The summed E-state index contributed by atoms with van der Waals surface area (Å²) >= 11 is 0. The largest absolute Gasteiger partial charge is 0.370 e. The molecule has 3 rings (SSSR count). The first-order chi connectivity index (χ1) is 9.78. The molecule has 1 aliphatic rings. The zero-order valence-electron chi connectivity index (χ0n) is 11.1. The van der Waals surface area contributed by atoms with Gasteiger partial charge >= 0.3 is 0 Å². The van der Waals surface area contributed by atoms with E-state index in [9.17, 15) is 9.65 Å². The van der Waals surface area contributed by atoms with Crippen LogP contribution < -0.4 is 4.90 Å². The van der Waals surface area contributed by atoms with Gasteiger partial charge in [0.25, 0.3) is 0 Å². The molecule has 3 heteroatoms. The molecular weight excluding hydrogens is 251 g/mol. The summed E-state index contributed by atoms with van der Waals surface area (Å²) in [5, 5.41) is 9.17. The fourth-order valence-electron chi connectivity index (χ4n) is 2.78. The Balaban J connectivity index is 1.89. The molecular formula is C17H15FN2. The van der Waals surface area contributed by atoms with Crippen LogP contribution in [0.1, 0.15) is 16.7 Å². The van der Waals surface area contributed by atoms with Crippen LogP contribution in [0.4, 0.5) is 10.1 Å². The first-order valence-corrected chi connectivity index (χ1v) is 6.79. The Hall–Kier alpha value is -2.34. The maximum absolute atomic E-state index is 13.2. The number of nitriles is 1. The van der Waals surface area contributed by atoms with E-state index in [0.29, 0.717) is 5.56 Å². The van der Waals surface area contributed by atoms with Crippen LogP contribution in [0.3, 0.4) is 0 Å². The van der Waals surface area contributed by atoms with Crippen molar-refractivity contribution in [1.82, 2.24) is 0 Å². The summed E-state index contributed by atoms with van der Waals surface area (Å²) in [6.07, 6.45) is 1.91. The lowest BCUT2D eigenvalue weighted by atomic mass is 10.0. The highest BCUT2D eigenvalue weighted by Crippen LogP contribution is 2.24. The van der Waals surface area contributed by atoms with Gasteiger partial charge in [-0.15, -0.1) is 0 Å². The quantitative estimate of drug-likeness (QED) is 0.792. The SMILES string of the molecule is N#Cc1cc(F)ccc1N1CCc2ccccc2CC1. The molecule has 0 aromatic heterocycles. The van der Waals surface area contributed by atoms with Crippen LogP contribution in [-0.2, 0) is 12.8 Å². The first-order valence-electron chi connectivity index (χ1n) is 6.79. The van der Waals surface area contributed by atoms with Crippen LogP contribution in [0.2, 0.25) is 0 Å². The Bertz CT molecular complexity index is 646. The molecule has 1 heterocycles. The number of rotatable bonds is 1. The normalized spacial score (nSPS) is 14.3. The maximum atomic E-state index is 13.2. The fraction of sp³-hybridized carbons (Fsp3) is 0.235. The number of nitrogens with zero attached hydrogens (tertiary/aromatic N) is 2. The minimum atomic E-state index is -0.358. The van der Waals surface area contributed by atoms with Gasteiger partial charge in [0.1, 0.15) is 11.9 Å². The average molecular weight is 266 g/mol. The highest BCUT2D eigenvalue weighted by atomic mass is 19.1. The molecule has 0 unspecified atom stereocenters. The van der Waals surface area contributed by atoms with Gasteiger partial charge in [0, 0.05) is 13.1 Å². The lowest BCUT2D eigenvalue weighted by Gasteiger charge is -2.23. The smallest absolute Gasteiger partial charge is 0.124 e. The molecule has 1 aliphatic heterocycles. The maximum Gasteiger partial charge on any atom is 0.124 e. The summed E-state index contributed by atoms with van der Waals surface area (Å²) in [4.78, 5) is 2.18. The van der Waals surface area contributed by atoms with Crippen molar-refractivity contribution in [2.45, 2.75) is 12.8 Å². The predicted molar refractivity (Wildman–Crippen MR) is 77.2 cm³/mol. The van der Waals surface area contributed by atoms with Gasteiger partial charge in [0.2, 0.25) is 0 Å². The van der Waals surface area contributed by atoms with Gasteiger partial charge in [-0.1, -0.05) is 24.3 Å². The zero-order valence-corrected chi connectivity index (χ0v) is 11.1. The minimum absolute atomic E-state index is 0.358. The zero-order chi connectivity index (χ0) is 13.9. The highest BCUT2D eigenvalue weighted by Gasteiger charge is 2.16. The van der Waals surface area contributed by atoms with Crippen molar-refractivity contribution >= 4 is 5.69 Å². The van der Waals surface area contributed by atoms with Gasteiger partial charge in [0.15, 0.2) is 0 Å². The molecule has 0 saturated heterocycles. The van der Waals surface area contributed by atoms with Crippen molar-refractivity contribution in [2.24, 2.45) is 0 Å². The van der Waals surface area contributed by atoms with Gasteiger partial charge in [-0.2, -0.15) is 5.26 Å². The molecule has 0 spiro atoms. The Morgan fingerprint density at radius 3 is 2.25 bits per heavy atom. The second-order valence-electron chi connectivity index (χ2n) is 5.03. The van der Waals surface area contributed by atoms with Crippen molar-refractivity contribution in [1.29, 1.82) is 5.26 Å². The van der Waals surface area contributed by atoms with Crippen molar-refractivity contribution in [3.8, 4) is 6.07 Å². The molecule has 2 aromatic rings. The number of halogens is 1. The Morgan fingerprint density at radius 2 is 1.65 bits per heavy atom. The summed E-state index contributed by atoms with van der Waals surface area (Å²) in [6.45, 7) is 1.72. The summed E-state index contributed by atoms with van der Waals surface area (Å²) in [5.74, 6) is -0.358. The molecule has 0 N–H and O–H groups in total. The first kappa shape index (κ1) is 12.7. The Kier molecular flexibility index (Phi) is 3.39. The third-order valence-electron chi connectivity index (χ3n) is 3.84. The summed E-state index contributed by atoms with van der Waals surface area (Å²) < 4.78 is 13.2. The molecule has 20 heavy (non-hydrogen) atoms. The molecule has 0 fully saturated rings. The molecule has 0 atom stereocenters. The second-order valence-corrected chi connectivity index (χ2v) is 5.03. The monoisotopic (exact) mass is 266 g/mol. The lowest BCUT2D eigenvalue weighted by Crippen LogP contribution is -2.26. The standard InChI is InChI=1S/C17H15FN2/c18-16-5-6-17(15(11-16)12-19)20-9-7-13-3-1-2-4-14(13)8-10-20/h1-6,11H,7-10H2. The van der Waals surface area contributed by atoms with Crippen molar-refractivity contribution in [3.05, 3.63) is 65.0 Å². The van der Waals surface area contributed by atoms with Gasteiger partial charge in [-0.3, -0.25) is 0 Å². The molecule has 2 nitrogen and oxygen atoms in total. The van der Waals surface area contributed by atoms with Gasteiger partial charge < -0.3 is 4.90 Å². The Morgan fingerprint density at radius 1 is 1.00 bits per heavy atom.